The van der Waals surface area contributed by atoms with Gasteiger partial charge in [0.1, 0.15) is 0 Å². The van der Waals surface area contributed by atoms with Crippen molar-refractivity contribution >= 4 is 11.3 Å². The van der Waals surface area contributed by atoms with Crippen molar-refractivity contribution in [3.05, 3.63) is 0 Å². The lowest BCUT2D eigenvalue weighted by molar-refractivity contribution is 0.507. The van der Waals surface area contributed by atoms with Crippen molar-refractivity contribution in [2.24, 2.45) is 5.92 Å². The Kier molecular flexibility index (Phi) is 8.71. The fraction of sp³-hybridized carbons (Fsp3) is 1.00. The second-order valence-corrected chi connectivity index (χ2v) is 4.48. The maximum atomic E-state index is 10.1. The first-order valence-corrected chi connectivity index (χ1v) is 6.03. The summed E-state index contributed by atoms with van der Waals surface area (Å²) < 4.78 is 22.5. The van der Waals surface area contributed by atoms with E-state index in [0.29, 0.717) is 6.54 Å². The first kappa shape index (κ1) is 13.1. The summed E-state index contributed by atoms with van der Waals surface area (Å²) in [4.78, 5) is 0. The van der Waals surface area contributed by atoms with Gasteiger partial charge in [-0.15, -0.1) is 0 Å². The number of nitrogens with one attached hydrogen (secondary N) is 1. The minimum absolute atomic E-state index is 0.581. The molecule has 3 nitrogen and oxygen atoms in total. The highest BCUT2D eigenvalue weighted by molar-refractivity contribution is 7.77. The van der Waals surface area contributed by atoms with Gasteiger partial charge in [-0.2, -0.15) is 0 Å². The normalized spacial score (nSPS) is 13.5. The van der Waals surface area contributed by atoms with E-state index in [2.05, 4.69) is 18.6 Å². The molecular formula is C9H20NO2S-. The molecule has 1 unspecified atom stereocenters. The van der Waals surface area contributed by atoms with Gasteiger partial charge in [-0.1, -0.05) is 39.5 Å². The van der Waals surface area contributed by atoms with E-state index in [0.717, 1.165) is 18.8 Å². The fourth-order valence-corrected chi connectivity index (χ4v) is 1.50. The summed E-state index contributed by atoms with van der Waals surface area (Å²) in [5.74, 6) is 0.785. The van der Waals surface area contributed by atoms with Crippen LogP contribution in [0.3, 0.4) is 0 Å². The first-order chi connectivity index (χ1) is 6.13. The third-order valence-corrected chi connectivity index (χ3v) is 2.37. The number of unbranched alkanes of at least 4 members (excludes halogenated alkanes) is 3. The summed E-state index contributed by atoms with van der Waals surface area (Å²) in [5.41, 5.74) is 0. The first-order valence-electron chi connectivity index (χ1n) is 4.95. The molecule has 0 aromatic heterocycles. The van der Waals surface area contributed by atoms with E-state index in [1.807, 2.05) is 0 Å². The van der Waals surface area contributed by atoms with Crippen LogP contribution in [0.4, 0.5) is 0 Å². The van der Waals surface area contributed by atoms with Crippen LogP contribution in [0.25, 0.3) is 0 Å². The summed E-state index contributed by atoms with van der Waals surface area (Å²) in [6, 6.07) is 0. The summed E-state index contributed by atoms with van der Waals surface area (Å²) in [6.07, 6.45) is 5.83. The van der Waals surface area contributed by atoms with Gasteiger partial charge in [0.05, 0.1) is 0 Å². The number of rotatable bonds is 8. The summed E-state index contributed by atoms with van der Waals surface area (Å²) >= 11 is -2.08. The maximum absolute atomic E-state index is 10.1. The molecule has 0 saturated heterocycles. The summed E-state index contributed by atoms with van der Waals surface area (Å²) in [7, 11) is 0. The molecule has 1 N–H and O–H groups in total. The topological polar surface area (TPSA) is 52.2 Å². The molecule has 0 aromatic rings. The molecule has 13 heavy (non-hydrogen) atoms. The van der Waals surface area contributed by atoms with Gasteiger partial charge >= 0.3 is 0 Å². The standard InChI is InChI=1S/C9H21NO2S/c1-9(2)7-5-3-4-6-8-10-13(11)12/h9-10H,3-8H2,1-2H3,(H,11,12)/p-1. The largest absolute Gasteiger partial charge is 0.760 e. The van der Waals surface area contributed by atoms with E-state index in [4.69, 9.17) is 0 Å². The van der Waals surface area contributed by atoms with Gasteiger partial charge in [0.2, 0.25) is 0 Å². The second-order valence-electron chi connectivity index (χ2n) is 3.73. The minimum Gasteiger partial charge on any atom is -0.760 e. The Morgan fingerprint density at radius 2 is 1.85 bits per heavy atom. The molecule has 0 aromatic carbocycles. The predicted octanol–water partition coefficient (Wildman–Crippen LogP) is 1.98. The molecule has 0 aliphatic heterocycles. The lowest BCUT2D eigenvalue weighted by Crippen LogP contribution is -2.17. The van der Waals surface area contributed by atoms with E-state index < -0.39 is 11.3 Å². The molecule has 0 fully saturated rings. The zero-order valence-corrected chi connectivity index (χ0v) is 9.36. The van der Waals surface area contributed by atoms with Gasteiger partial charge in [-0.25, -0.2) is 4.72 Å². The van der Waals surface area contributed by atoms with Crippen LogP contribution < -0.4 is 4.72 Å². The quantitative estimate of drug-likeness (QED) is 0.487. The van der Waals surface area contributed by atoms with Gasteiger partial charge in [0.25, 0.3) is 0 Å². The zero-order chi connectivity index (χ0) is 10.1. The van der Waals surface area contributed by atoms with E-state index in [1.165, 1.54) is 19.3 Å². The molecule has 0 amide bonds. The molecule has 0 bridgehead atoms. The average Bonchev–Trinajstić information content (AvgIpc) is 2.01. The lowest BCUT2D eigenvalue weighted by atomic mass is 10.0. The Labute approximate surface area is 83.7 Å². The Balaban J connectivity index is 2.96. The minimum atomic E-state index is -2.08. The van der Waals surface area contributed by atoms with Crippen molar-refractivity contribution in [2.75, 3.05) is 6.54 Å². The van der Waals surface area contributed by atoms with Gasteiger partial charge in [-0.05, 0) is 12.3 Å². The van der Waals surface area contributed by atoms with Gasteiger partial charge in [0.15, 0.2) is 0 Å². The fourth-order valence-electron chi connectivity index (χ4n) is 1.19. The zero-order valence-electron chi connectivity index (χ0n) is 8.54. The Morgan fingerprint density at radius 1 is 1.23 bits per heavy atom. The molecule has 0 aliphatic carbocycles. The van der Waals surface area contributed by atoms with Crippen LogP contribution in [0.1, 0.15) is 46.0 Å². The molecule has 0 rings (SSSR count). The average molecular weight is 206 g/mol. The van der Waals surface area contributed by atoms with Crippen molar-refractivity contribution in [1.82, 2.24) is 4.72 Å². The molecule has 4 heteroatoms. The molecule has 0 spiro atoms. The predicted molar refractivity (Wildman–Crippen MR) is 54.8 cm³/mol. The molecule has 0 heterocycles. The Bertz CT molecular complexity index is 140. The van der Waals surface area contributed by atoms with Crippen molar-refractivity contribution < 1.29 is 8.76 Å². The molecule has 1 atom stereocenters. The van der Waals surface area contributed by atoms with E-state index in [9.17, 15) is 8.76 Å². The van der Waals surface area contributed by atoms with Gasteiger partial charge in [0, 0.05) is 17.8 Å². The molecule has 0 radical (unpaired) electrons. The van der Waals surface area contributed by atoms with Crippen molar-refractivity contribution in [1.29, 1.82) is 0 Å². The molecule has 0 saturated carbocycles. The molecular weight excluding hydrogens is 186 g/mol. The van der Waals surface area contributed by atoms with Crippen LogP contribution in [0.15, 0.2) is 0 Å². The third kappa shape index (κ3) is 12.1. The van der Waals surface area contributed by atoms with Crippen LogP contribution in [-0.4, -0.2) is 15.3 Å². The number of hydrogen-bond acceptors (Lipinski definition) is 2. The Morgan fingerprint density at radius 3 is 2.38 bits per heavy atom. The highest BCUT2D eigenvalue weighted by Crippen LogP contribution is 2.08. The van der Waals surface area contributed by atoms with Crippen LogP contribution in [-0.2, 0) is 11.3 Å². The van der Waals surface area contributed by atoms with Crippen LogP contribution >= 0.6 is 0 Å². The van der Waals surface area contributed by atoms with Crippen LogP contribution in [0.2, 0.25) is 0 Å². The van der Waals surface area contributed by atoms with Crippen molar-refractivity contribution in [2.45, 2.75) is 46.0 Å². The third-order valence-electron chi connectivity index (χ3n) is 1.93. The second kappa shape index (κ2) is 8.66. The smallest absolute Gasteiger partial charge is 0.0181 e. The van der Waals surface area contributed by atoms with Crippen molar-refractivity contribution in [3.8, 4) is 0 Å². The van der Waals surface area contributed by atoms with Gasteiger partial charge < -0.3 is 4.55 Å². The molecule has 0 aliphatic rings. The number of hydrogen-bond donors (Lipinski definition) is 1. The maximum Gasteiger partial charge on any atom is 0.0181 e. The monoisotopic (exact) mass is 206 g/mol. The molecule has 80 valence electrons. The lowest BCUT2D eigenvalue weighted by Gasteiger charge is -2.07. The highest BCUT2D eigenvalue weighted by atomic mass is 32.2. The highest BCUT2D eigenvalue weighted by Gasteiger charge is 1.94. The van der Waals surface area contributed by atoms with Gasteiger partial charge in [-0.3, -0.25) is 4.21 Å². The van der Waals surface area contributed by atoms with Crippen LogP contribution in [0.5, 0.6) is 0 Å². The SMILES string of the molecule is CC(C)CCCCCCNS(=O)[O-]. The van der Waals surface area contributed by atoms with E-state index in [-0.39, 0.29) is 0 Å². The van der Waals surface area contributed by atoms with Crippen LogP contribution in [0, 0.1) is 5.92 Å². The van der Waals surface area contributed by atoms with Crippen molar-refractivity contribution in [3.63, 3.8) is 0 Å². The Hall–Kier alpha value is 0.0700. The summed E-state index contributed by atoms with van der Waals surface area (Å²) in [5, 5.41) is 0. The van der Waals surface area contributed by atoms with E-state index >= 15 is 0 Å². The van der Waals surface area contributed by atoms with E-state index in [1.54, 1.807) is 0 Å². The summed E-state index contributed by atoms with van der Waals surface area (Å²) in [6.45, 7) is 5.03.